The second kappa shape index (κ2) is 7.14. The average Bonchev–Trinajstić information content (AvgIpc) is 3.00. The third-order valence-corrected chi connectivity index (χ3v) is 5.00. The fourth-order valence-electron chi connectivity index (χ4n) is 3.44. The van der Waals surface area contributed by atoms with Gasteiger partial charge in [-0.2, -0.15) is 13.2 Å². The Morgan fingerprint density at radius 2 is 1.69 bits per heavy atom. The molecule has 2 aromatic carbocycles. The highest BCUT2D eigenvalue weighted by atomic mass is 19.4. The van der Waals surface area contributed by atoms with Crippen LogP contribution in [0.3, 0.4) is 0 Å². The summed E-state index contributed by atoms with van der Waals surface area (Å²) in [6.45, 7) is 6.24. The van der Waals surface area contributed by atoms with Crippen molar-refractivity contribution >= 4 is 11.0 Å². The van der Waals surface area contributed by atoms with E-state index in [2.05, 4.69) is 42.5 Å². The van der Waals surface area contributed by atoms with Crippen LogP contribution in [-0.2, 0) is 6.18 Å². The van der Waals surface area contributed by atoms with Gasteiger partial charge in [0.2, 0.25) is 0 Å². The van der Waals surface area contributed by atoms with E-state index in [1.807, 2.05) is 18.2 Å². The second-order valence-corrected chi connectivity index (χ2v) is 6.67. The van der Waals surface area contributed by atoms with Gasteiger partial charge in [0.1, 0.15) is 5.82 Å². The van der Waals surface area contributed by atoms with Crippen molar-refractivity contribution in [2.45, 2.75) is 51.7 Å². The molecule has 1 aromatic heterocycles. The minimum Gasteiger partial charge on any atom is -0.325 e. The number of hydrogen-bond acceptors (Lipinski definition) is 1. The summed E-state index contributed by atoms with van der Waals surface area (Å²) >= 11 is 0. The third kappa shape index (κ3) is 3.35. The van der Waals surface area contributed by atoms with E-state index in [0.717, 1.165) is 41.9 Å². The molecule has 2 unspecified atom stereocenters. The molecule has 2 nitrogen and oxygen atoms in total. The van der Waals surface area contributed by atoms with Gasteiger partial charge in [-0.15, -0.1) is 0 Å². The van der Waals surface area contributed by atoms with Gasteiger partial charge >= 0.3 is 6.18 Å². The molecule has 0 saturated carbocycles. The molecule has 0 bridgehead atoms. The maximum Gasteiger partial charge on any atom is 0.416 e. The van der Waals surface area contributed by atoms with Gasteiger partial charge in [0.05, 0.1) is 16.6 Å². The van der Waals surface area contributed by atoms with Crippen molar-refractivity contribution in [3.8, 4) is 0 Å². The number of imidazole rings is 1. The van der Waals surface area contributed by atoms with Crippen molar-refractivity contribution in [3.05, 3.63) is 65.5 Å². The molecule has 3 rings (SSSR count). The third-order valence-electron chi connectivity index (χ3n) is 5.00. The lowest BCUT2D eigenvalue weighted by molar-refractivity contribution is -0.137. The maximum absolute atomic E-state index is 13.1. The normalized spacial score (nSPS) is 14.5. The topological polar surface area (TPSA) is 17.8 Å². The molecular weight excluding hydrogens is 337 g/mol. The Hall–Kier alpha value is -2.30. The highest BCUT2D eigenvalue weighted by molar-refractivity contribution is 5.77. The molecule has 1 heterocycles. The number of alkyl halides is 3. The molecule has 26 heavy (non-hydrogen) atoms. The Labute approximate surface area is 151 Å². The molecule has 3 aromatic rings. The van der Waals surface area contributed by atoms with Gasteiger partial charge in [0, 0.05) is 12.0 Å². The van der Waals surface area contributed by atoms with Crippen LogP contribution in [0.15, 0.2) is 48.5 Å². The smallest absolute Gasteiger partial charge is 0.325 e. The molecule has 2 atom stereocenters. The van der Waals surface area contributed by atoms with Gasteiger partial charge in [-0.3, -0.25) is 0 Å². The molecule has 138 valence electrons. The first kappa shape index (κ1) is 18.5. The number of hydrogen-bond donors (Lipinski definition) is 0. The van der Waals surface area contributed by atoms with Crippen molar-refractivity contribution in [2.75, 3.05) is 0 Å². The minimum absolute atomic E-state index is 0.0481. The highest BCUT2D eigenvalue weighted by Gasteiger charge is 2.32. The van der Waals surface area contributed by atoms with Crippen molar-refractivity contribution < 1.29 is 13.2 Å². The lowest BCUT2D eigenvalue weighted by Gasteiger charge is -2.21. The average molecular weight is 360 g/mol. The molecule has 0 aliphatic heterocycles. The Kier molecular flexibility index (Phi) is 5.08. The molecule has 0 radical (unpaired) electrons. The van der Waals surface area contributed by atoms with Crippen molar-refractivity contribution in [1.82, 2.24) is 9.55 Å². The van der Waals surface area contributed by atoms with E-state index in [-0.39, 0.29) is 12.0 Å². The van der Waals surface area contributed by atoms with Crippen LogP contribution >= 0.6 is 0 Å². The van der Waals surface area contributed by atoms with E-state index in [4.69, 9.17) is 0 Å². The number of aromatic nitrogens is 2. The number of rotatable bonds is 5. The van der Waals surface area contributed by atoms with E-state index in [1.165, 1.54) is 0 Å². The fraction of sp³-hybridized carbons (Fsp3) is 0.381. The highest BCUT2D eigenvalue weighted by Crippen LogP contribution is 2.36. The molecule has 0 N–H and O–H groups in total. The molecule has 0 amide bonds. The summed E-state index contributed by atoms with van der Waals surface area (Å²) in [4.78, 5) is 4.67. The lowest BCUT2D eigenvalue weighted by Crippen LogP contribution is -2.13. The van der Waals surface area contributed by atoms with Gasteiger partial charge in [0.25, 0.3) is 0 Å². The Bertz CT molecular complexity index is 881. The zero-order valence-corrected chi connectivity index (χ0v) is 15.2. The summed E-state index contributed by atoms with van der Waals surface area (Å²) in [6, 6.07) is 14.1. The standard InChI is InChI=1S/C21H23F3N2/c1-4-14(3)26-19-12-11-16(21(22,23)24)13-18(19)25-20(26)17(5-2)15-9-7-6-8-10-15/h6-14,17H,4-5H2,1-3H3. The predicted octanol–water partition coefficient (Wildman–Crippen LogP) is 6.57. The summed E-state index contributed by atoms with van der Waals surface area (Å²) in [5, 5.41) is 0. The number of halogens is 3. The molecular formula is C21H23F3N2. The SMILES string of the molecule is CCC(c1ccccc1)c1nc2cc(C(F)(F)F)ccc2n1C(C)CC. The van der Waals surface area contributed by atoms with Crippen LogP contribution in [0.5, 0.6) is 0 Å². The summed E-state index contributed by atoms with van der Waals surface area (Å²) in [6.07, 6.45) is -2.65. The minimum atomic E-state index is -4.36. The Morgan fingerprint density at radius 1 is 1.00 bits per heavy atom. The van der Waals surface area contributed by atoms with Gasteiger partial charge in [-0.25, -0.2) is 4.98 Å². The van der Waals surface area contributed by atoms with E-state index < -0.39 is 11.7 Å². The number of nitrogens with zero attached hydrogens (tertiary/aromatic N) is 2. The van der Waals surface area contributed by atoms with Crippen LogP contribution < -0.4 is 0 Å². The summed E-state index contributed by atoms with van der Waals surface area (Å²) in [5.41, 5.74) is 1.64. The Morgan fingerprint density at radius 3 is 2.27 bits per heavy atom. The van der Waals surface area contributed by atoms with Gasteiger partial charge < -0.3 is 4.57 Å². The monoisotopic (exact) mass is 360 g/mol. The molecule has 0 aliphatic rings. The summed E-state index contributed by atoms with van der Waals surface area (Å²) in [7, 11) is 0. The zero-order valence-electron chi connectivity index (χ0n) is 15.2. The Balaban J connectivity index is 2.22. The molecule has 0 fully saturated rings. The first-order valence-corrected chi connectivity index (χ1v) is 9.00. The van der Waals surface area contributed by atoms with Crippen molar-refractivity contribution in [1.29, 1.82) is 0 Å². The summed E-state index contributed by atoms with van der Waals surface area (Å²) < 4.78 is 41.4. The quantitative estimate of drug-likeness (QED) is 0.503. The maximum atomic E-state index is 13.1. The first-order valence-electron chi connectivity index (χ1n) is 9.00. The number of fused-ring (bicyclic) bond motifs is 1. The lowest BCUT2D eigenvalue weighted by atomic mass is 9.95. The van der Waals surface area contributed by atoms with Crippen molar-refractivity contribution in [3.63, 3.8) is 0 Å². The first-order chi connectivity index (χ1) is 12.4. The van der Waals surface area contributed by atoms with Crippen LogP contribution in [0.1, 0.15) is 62.5 Å². The van der Waals surface area contributed by atoms with Crippen LogP contribution in [0.2, 0.25) is 0 Å². The summed E-state index contributed by atoms with van der Waals surface area (Å²) in [5.74, 6) is 0.884. The van der Waals surface area contributed by atoms with E-state index in [1.54, 1.807) is 6.07 Å². The molecule has 0 spiro atoms. The van der Waals surface area contributed by atoms with Gasteiger partial charge in [-0.05, 0) is 43.5 Å². The zero-order chi connectivity index (χ0) is 18.9. The van der Waals surface area contributed by atoms with Crippen LogP contribution in [0.25, 0.3) is 11.0 Å². The van der Waals surface area contributed by atoms with Crippen LogP contribution in [0, 0.1) is 0 Å². The molecule has 0 saturated heterocycles. The number of benzene rings is 2. The van der Waals surface area contributed by atoms with E-state index in [0.29, 0.717) is 5.52 Å². The van der Waals surface area contributed by atoms with Crippen LogP contribution in [-0.4, -0.2) is 9.55 Å². The van der Waals surface area contributed by atoms with Gasteiger partial charge in [0.15, 0.2) is 0 Å². The molecule has 0 aliphatic carbocycles. The molecule has 5 heteroatoms. The van der Waals surface area contributed by atoms with E-state index in [9.17, 15) is 13.2 Å². The van der Waals surface area contributed by atoms with Crippen LogP contribution in [0.4, 0.5) is 13.2 Å². The largest absolute Gasteiger partial charge is 0.416 e. The predicted molar refractivity (Wildman–Crippen MR) is 98.3 cm³/mol. The van der Waals surface area contributed by atoms with Gasteiger partial charge in [-0.1, -0.05) is 44.2 Å². The van der Waals surface area contributed by atoms with E-state index >= 15 is 0 Å². The second-order valence-electron chi connectivity index (χ2n) is 6.67. The fourth-order valence-corrected chi connectivity index (χ4v) is 3.44. The van der Waals surface area contributed by atoms with Crippen molar-refractivity contribution in [2.24, 2.45) is 0 Å².